The van der Waals surface area contributed by atoms with E-state index < -0.39 is 6.04 Å². The van der Waals surface area contributed by atoms with E-state index >= 15 is 0 Å². The van der Waals surface area contributed by atoms with Gasteiger partial charge in [-0.2, -0.15) is 0 Å². The van der Waals surface area contributed by atoms with Crippen LogP contribution in [-0.4, -0.2) is 23.9 Å². The quantitative estimate of drug-likeness (QED) is 0.688. The number of carbonyl (C=O) groups excluding carboxylic acids is 2. The fourth-order valence-corrected chi connectivity index (χ4v) is 4.53. The van der Waals surface area contributed by atoms with Crippen molar-refractivity contribution >= 4 is 22.6 Å². The predicted octanol–water partition coefficient (Wildman–Crippen LogP) is 4.85. The number of benzene rings is 2. The van der Waals surface area contributed by atoms with Crippen LogP contribution in [0.2, 0.25) is 0 Å². The molecule has 2 aromatic carbocycles. The molecule has 2 aromatic rings. The Kier molecular flexibility index (Phi) is 7.52. The van der Waals surface area contributed by atoms with Crippen molar-refractivity contribution < 1.29 is 9.59 Å². The number of fused-ring (bicyclic) bond motifs is 1. The molecule has 4 nitrogen and oxygen atoms in total. The van der Waals surface area contributed by atoms with Gasteiger partial charge in [-0.05, 0) is 67.7 Å². The molecule has 1 aliphatic rings. The van der Waals surface area contributed by atoms with E-state index in [0.717, 1.165) is 36.6 Å². The highest BCUT2D eigenvalue weighted by Crippen LogP contribution is 2.33. The van der Waals surface area contributed by atoms with Crippen molar-refractivity contribution in [3.63, 3.8) is 0 Å². The molecule has 0 radical (unpaired) electrons. The van der Waals surface area contributed by atoms with E-state index in [2.05, 4.69) is 54.8 Å². The van der Waals surface area contributed by atoms with Crippen LogP contribution in [0.1, 0.15) is 58.9 Å². The van der Waals surface area contributed by atoms with Crippen molar-refractivity contribution in [1.29, 1.82) is 0 Å². The first-order chi connectivity index (χ1) is 14.3. The normalized spacial score (nSPS) is 20.3. The molecule has 1 saturated carbocycles. The predicted molar refractivity (Wildman–Crippen MR) is 123 cm³/mol. The lowest BCUT2D eigenvalue weighted by Gasteiger charge is -2.31. The minimum Gasteiger partial charge on any atom is -0.352 e. The first-order valence-electron chi connectivity index (χ1n) is 11.4. The summed E-state index contributed by atoms with van der Waals surface area (Å²) in [5, 5.41) is 8.38. The molecule has 1 fully saturated rings. The van der Waals surface area contributed by atoms with Gasteiger partial charge in [0.15, 0.2) is 0 Å². The van der Waals surface area contributed by atoms with Crippen molar-refractivity contribution in [2.75, 3.05) is 0 Å². The van der Waals surface area contributed by atoms with E-state index in [9.17, 15) is 9.59 Å². The van der Waals surface area contributed by atoms with E-state index in [1.54, 1.807) is 0 Å². The molecule has 1 atom stereocenters. The molecule has 1 unspecified atom stereocenters. The molecule has 1 aliphatic carbocycles. The lowest BCUT2D eigenvalue weighted by atomic mass is 9.76. The number of amides is 2. The Labute approximate surface area is 180 Å². The van der Waals surface area contributed by atoms with Crippen molar-refractivity contribution in [3.05, 3.63) is 48.0 Å². The average molecular weight is 409 g/mol. The Morgan fingerprint density at radius 2 is 1.57 bits per heavy atom. The van der Waals surface area contributed by atoms with E-state index in [0.29, 0.717) is 18.3 Å². The first kappa shape index (κ1) is 22.3. The molecule has 162 valence electrons. The molecule has 2 amide bonds. The molecular weight excluding hydrogens is 372 g/mol. The summed E-state index contributed by atoms with van der Waals surface area (Å²) in [6, 6.07) is 13.9. The van der Waals surface area contributed by atoms with Gasteiger partial charge in [-0.1, -0.05) is 56.3 Å². The van der Waals surface area contributed by atoms with Crippen molar-refractivity contribution in [2.45, 2.75) is 71.9 Å². The summed E-state index contributed by atoms with van der Waals surface area (Å²) in [7, 11) is 0. The Morgan fingerprint density at radius 3 is 2.20 bits per heavy atom. The van der Waals surface area contributed by atoms with Crippen LogP contribution in [0.4, 0.5) is 0 Å². The molecule has 0 saturated heterocycles. The van der Waals surface area contributed by atoms with E-state index in [-0.39, 0.29) is 23.8 Å². The summed E-state index contributed by atoms with van der Waals surface area (Å²) in [6.45, 7) is 8.42. The highest BCUT2D eigenvalue weighted by atomic mass is 16.2. The monoisotopic (exact) mass is 408 g/mol. The van der Waals surface area contributed by atoms with Crippen LogP contribution in [0, 0.1) is 17.8 Å². The summed E-state index contributed by atoms with van der Waals surface area (Å²) in [6.07, 6.45) is 4.54. The van der Waals surface area contributed by atoms with Gasteiger partial charge < -0.3 is 10.6 Å². The number of hydrogen-bond acceptors (Lipinski definition) is 2. The van der Waals surface area contributed by atoms with Crippen molar-refractivity contribution in [3.8, 4) is 0 Å². The maximum Gasteiger partial charge on any atom is 0.243 e. The summed E-state index contributed by atoms with van der Waals surface area (Å²) < 4.78 is 0. The maximum atomic E-state index is 13.0. The van der Waals surface area contributed by atoms with E-state index in [4.69, 9.17) is 0 Å². The summed E-state index contributed by atoms with van der Waals surface area (Å²) >= 11 is 0. The van der Waals surface area contributed by atoms with Gasteiger partial charge >= 0.3 is 0 Å². The average Bonchev–Trinajstić information content (AvgIpc) is 2.72. The largest absolute Gasteiger partial charge is 0.352 e. The third-order valence-corrected chi connectivity index (χ3v) is 6.40. The SMILES string of the molecule is CC(C)NC(=O)C(Cc1ccc2ccccc2c1)NC(=O)C1CCC(C(C)C)CC1. The smallest absolute Gasteiger partial charge is 0.243 e. The van der Waals surface area contributed by atoms with Gasteiger partial charge in [0.2, 0.25) is 11.8 Å². The lowest BCUT2D eigenvalue weighted by molar-refractivity contribution is -0.132. The Hall–Kier alpha value is -2.36. The zero-order valence-electron chi connectivity index (χ0n) is 18.8. The molecule has 0 spiro atoms. The molecule has 0 aromatic heterocycles. The summed E-state index contributed by atoms with van der Waals surface area (Å²) in [4.78, 5) is 25.8. The van der Waals surface area contributed by atoms with Crippen LogP contribution in [0.3, 0.4) is 0 Å². The van der Waals surface area contributed by atoms with Crippen LogP contribution in [0.25, 0.3) is 10.8 Å². The van der Waals surface area contributed by atoms with Gasteiger partial charge in [-0.25, -0.2) is 0 Å². The highest BCUT2D eigenvalue weighted by Gasteiger charge is 2.30. The molecule has 0 bridgehead atoms. The van der Waals surface area contributed by atoms with E-state index in [1.807, 2.05) is 26.0 Å². The first-order valence-corrected chi connectivity index (χ1v) is 11.4. The number of hydrogen-bond donors (Lipinski definition) is 2. The zero-order chi connectivity index (χ0) is 21.7. The second-order valence-electron chi connectivity index (χ2n) is 9.47. The minimum absolute atomic E-state index is 0.0194. The Bertz CT molecular complexity index is 866. The van der Waals surface area contributed by atoms with Gasteiger partial charge in [0.1, 0.15) is 6.04 Å². The van der Waals surface area contributed by atoms with Gasteiger partial charge in [0, 0.05) is 18.4 Å². The second kappa shape index (κ2) is 10.1. The molecule has 4 heteroatoms. The fraction of sp³-hybridized carbons (Fsp3) is 0.538. The number of carbonyl (C=O) groups is 2. The molecule has 0 heterocycles. The maximum absolute atomic E-state index is 13.0. The fourth-order valence-electron chi connectivity index (χ4n) is 4.53. The topological polar surface area (TPSA) is 58.2 Å². The molecule has 3 rings (SSSR count). The number of nitrogens with one attached hydrogen (secondary N) is 2. The summed E-state index contributed by atoms with van der Waals surface area (Å²) in [5.41, 5.74) is 1.06. The van der Waals surface area contributed by atoms with E-state index in [1.165, 1.54) is 5.39 Å². The second-order valence-corrected chi connectivity index (χ2v) is 9.47. The Morgan fingerprint density at radius 1 is 0.900 bits per heavy atom. The van der Waals surface area contributed by atoms with Crippen LogP contribution in [-0.2, 0) is 16.0 Å². The summed E-state index contributed by atoms with van der Waals surface area (Å²) in [5.74, 6) is 1.33. The highest BCUT2D eigenvalue weighted by molar-refractivity contribution is 5.89. The van der Waals surface area contributed by atoms with Crippen LogP contribution in [0.5, 0.6) is 0 Å². The van der Waals surface area contributed by atoms with Gasteiger partial charge in [-0.3, -0.25) is 9.59 Å². The minimum atomic E-state index is -0.552. The zero-order valence-corrected chi connectivity index (χ0v) is 18.8. The molecular formula is C26H36N2O2. The molecule has 2 N–H and O–H groups in total. The molecule has 0 aliphatic heterocycles. The van der Waals surface area contributed by atoms with Crippen LogP contribution < -0.4 is 10.6 Å². The lowest BCUT2D eigenvalue weighted by Crippen LogP contribution is -2.51. The standard InChI is InChI=1S/C26H36N2O2/c1-17(2)20-11-13-22(14-12-20)25(29)28-24(26(30)27-18(3)4)16-19-9-10-21-7-5-6-8-23(21)15-19/h5-10,15,17-18,20,22,24H,11-14,16H2,1-4H3,(H,27,30)(H,28,29). The Balaban J connectivity index is 1.70. The van der Waals surface area contributed by atoms with Gasteiger partial charge in [0.25, 0.3) is 0 Å². The third kappa shape index (κ3) is 5.84. The van der Waals surface area contributed by atoms with Crippen molar-refractivity contribution in [2.24, 2.45) is 17.8 Å². The number of rotatable bonds is 7. The third-order valence-electron chi connectivity index (χ3n) is 6.40. The van der Waals surface area contributed by atoms with Crippen molar-refractivity contribution in [1.82, 2.24) is 10.6 Å². The van der Waals surface area contributed by atoms with Crippen LogP contribution >= 0.6 is 0 Å². The molecule has 30 heavy (non-hydrogen) atoms. The van der Waals surface area contributed by atoms with Gasteiger partial charge in [0.05, 0.1) is 0 Å². The van der Waals surface area contributed by atoms with Gasteiger partial charge in [-0.15, -0.1) is 0 Å². The van der Waals surface area contributed by atoms with Crippen LogP contribution in [0.15, 0.2) is 42.5 Å².